The Bertz CT molecular complexity index is 445. The third-order valence-electron chi connectivity index (χ3n) is 4.73. The zero-order chi connectivity index (χ0) is 15.2. The molecule has 2 fully saturated rings. The maximum Gasteiger partial charge on any atom is 0.0702 e. The summed E-state index contributed by atoms with van der Waals surface area (Å²) in [5.41, 5.74) is 1.44. The third-order valence-corrected chi connectivity index (χ3v) is 5.48. The molecule has 2 aliphatic heterocycles. The molecule has 1 aromatic rings. The first kappa shape index (κ1) is 16.3. The summed E-state index contributed by atoms with van der Waals surface area (Å²) in [4.78, 5) is 6.55. The molecule has 3 nitrogen and oxygen atoms in total. The van der Waals surface area contributed by atoms with E-state index in [-0.39, 0.29) is 0 Å². The molecule has 122 valence electrons. The zero-order valence-corrected chi connectivity index (χ0v) is 14.5. The van der Waals surface area contributed by atoms with Crippen LogP contribution in [-0.4, -0.2) is 61.5 Å². The number of benzene rings is 1. The normalized spacial score (nSPS) is 24.5. The van der Waals surface area contributed by atoms with Crippen molar-refractivity contribution in [3.63, 3.8) is 0 Å². The van der Waals surface area contributed by atoms with E-state index in [4.69, 9.17) is 4.74 Å². The van der Waals surface area contributed by atoms with Gasteiger partial charge in [0.15, 0.2) is 0 Å². The number of rotatable bonds is 5. The molecule has 0 spiro atoms. The molecule has 2 aliphatic rings. The van der Waals surface area contributed by atoms with Gasteiger partial charge in [-0.3, -0.25) is 9.80 Å². The van der Waals surface area contributed by atoms with Crippen LogP contribution >= 0.6 is 11.8 Å². The van der Waals surface area contributed by atoms with Crippen LogP contribution in [0, 0.1) is 0 Å². The van der Waals surface area contributed by atoms with Crippen LogP contribution in [0.15, 0.2) is 29.2 Å². The van der Waals surface area contributed by atoms with Crippen molar-refractivity contribution in [2.45, 2.75) is 36.8 Å². The Kier molecular flexibility index (Phi) is 6.19. The molecular weight excluding hydrogens is 292 g/mol. The van der Waals surface area contributed by atoms with Crippen LogP contribution in [0.4, 0.5) is 0 Å². The van der Waals surface area contributed by atoms with E-state index in [9.17, 15) is 0 Å². The van der Waals surface area contributed by atoms with Gasteiger partial charge in [0.25, 0.3) is 0 Å². The van der Waals surface area contributed by atoms with Crippen LogP contribution in [0.5, 0.6) is 0 Å². The van der Waals surface area contributed by atoms with E-state index in [0.29, 0.717) is 6.10 Å². The van der Waals surface area contributed by atoms with Crippen LogP contribution in [0.3, 0.4) is 0 Å². The first-order valence-electron chi connectivity index (χ1n) is 8.53. The van der Waals surface area contributed by atoms with E-state index < -0.39 is 0 Å². The summed E-state index contributed by atoms with van der Waals surface area (Å²) < 4.78 is 5.78. The van der Waals surface area contributed by atoms with Crippen molar-refractivity contribution in [1.29, 1.82) is 0 Å². The second-order valence-electron chi connectivity index (χ2n) is 6.41. The number of hydrogen-bond donors (Lipinski definition) is 0. The number of hydrogen-bond acceptors (Lipinski definition) is 4. The van der Waals surface area contributed by atoms with Gasteiger partial charge in [0.2, 0.25) is 0 Å². The van der Waals surface area contributed by atoms with Crippen molar-refractivity contribution in [2.75, 3.05) is 45.6 Å². The van der Waals surface area contributed by atoms with E-state index in [1.54, 1.807) is 0 Å². The molecule has 0 aromatic heterocycles. The van der Waals surface area contributed by atoms with Crippen LogP contribution in [0.25, 0.3) is 0 Å². The third kappa shape index (κ3) is 4.72. The molecule has 3 rings (SSSR count). The minimum atomic E-state index is 0.491. The highest BCUT2D eigenvalue weighted by molar-refractivity contribution is 7.98. The maximum atomic E-state index is 5.78. The van der Waals surface area contributed by atoms with Gasteiger partial charge in [-0.1, -0.05) is 12.1 Å². The lowest BCUT2D eigenvalue weighted by Gasteiger charge is -2.24. The average molecular weight is 321 g/mol. The average Bonchev–Trinajstić information content (AvgIpc) is 2.96. The molecule has 2 saturated heterocycles. The largest absolute Gasteiger partial charge is 0.377 e. The lowest BCUT2D eigenvalue weighted by molar-refractivity contribution is 0.0742. The van der Waals surface area contributed by atoms with Gasteiger partial charge < -0.3 is 4.74 Å². The van der Waals surface area contributed by atoms with Gasteiger partial charge in [-0.25, -0.2) is 0 Å². The fourth-order valence-corrected chi connectivity index (χ4v) is 3.84. The van der Waals surface area contributed by atoms with E-state index in [1.807, 2.05) is 11.8 Å². The Morgan fingerprint density at radius 2 is 1.82 bits per heavy atom. The highest BCUT2D eigenvalue weighted by Gasteiger charge is 2.21. The number of nitrogens with zero attached hydrogens (tertiary/aromatic N) is 2. The van der Waals surface area contributed by atoms with Gasteiger partial charge in [0.1, 0.15) is 0 Å². The van der Waals surface area contributed by atoms with Gasteiger partial charge in [-0.05, 0) is 56.3 Å². The molecule has 1 atom stereocenters. The molecule has 0 radical (unpaired) electrons. The summed E-state index contributed by atoms with van der Waals surface area (Å²) in [5.74, 6) is 0. The van der Waals surface area contributed by atoms with Crippen molar-refractivity contribution in [2.24, 2.45) is 0 Å². The zero-order valence-electron chi connectivity index (χ0n) is 13.7. The summed E-state index contributed by atoms with van der Waals surface area (Å²) in [6.07, 6.45) is 6.39. The van der Waals surface area contributed by atoms with Crippen molar-refractivity contribution < 1.29 is 4.74 Å². The molecule has 0 amide bonds. The Balaban J connectivity index is 1.46. The summed E-state index contributed by atoms with van der Waals surface area (Å²) >= 11 is 1.81. The van der Waals surface area contributed by atoms with Gasteiger partial charge in [0, 0.05) is 37.7 Å². The molecule has 0 aliphatic carbocycles. The van der Waals surface area contributed by atoms with E-state index >= 15 is 0 Å². The first-order chi connectivity index (χ1) is 10.8. The summed E-state index contributed by atoms with van der Waals surface area (Å²) in [6, 6.07) is 9.03. The summed E-state index contributed by atoms with van der Waals surface area (Å²) in [6.45, 7) is 7.99. The van der Waals surface area contributed by atoms with Crippen LogP contribution in [0.2, 0.25) is 0 Å². The Morgan fingerprint density at radius 1 is 1.05 bits per heavy atom. The Hall–Kier alpha value is -0.550. The van der Waals surface area contributed by atoms with Gasteiger partial charge in [-0.15, -0.1) is 11.8 Å². The topological polar surface area (TPSA) is 15.7 Å². The second kappa shape index (κ2) is 8.34. The molecule has 1 aromatic carbocycles. The maximum absolute atomic E-state index is 5.78. The quantitative estimate of drug-likeness (QED) is 0.774. The van der Waals surface area contributed by atoms with Crippen molar-refractivity contribution in [3.8, 4) is 0 Å². The van der Waals surface area contributed by atoms with E-state index in [1.165, 1.54) is 55.9 Å². The number of thioether (sulfide) groups is 1. The smallest absolute Gasteiger partial charge is 0.0702 e. The predicted molar refractivity (Wildman–Crippen MR) is 93.5 cm³/mol. The Morgan fingerprint density at radius 3 is 2.55 bits per heavy atom. The molecule has 4 heteroatoms. The van der Waals surface area contributed by atoms with Crippen molar-refractivity contribution in [1.82, 2.24) is 9.80 Å². The monoisotopic (exact) mass is 320 g/mol. The molecule has 0 saturated carbocycles. The highest BCUT2D eigenvalue weighted by atomic mass is 32.2. The number of ether oxygens (including phenoxy) is 1. The van der Waals surface area contributed by atoms with E-state index in [2.05, 4.69) is 40.3 Å². The fraction of sp³-hybridized carbons (Fsp3) is 0.667. The van der Waals surface area contributed by atoms with Crippen LogP contribution in [-0.2, 0) is 11.3 Å². The Labute approximate surface area is 139 Å². The lowest BCUT2D eigenvalue weighted by atomic mass is 10.2. The summed E-state index contributed by atoms with van der Waals surface area (Å²) in [7, 11) is 0. The lowest BCUT2D eigenvalue weighted by Crippen LogP contribution is -2.35. The SMILES string of the molecule is CSc1ccc(CN2CCCN(C[C@@H]3CCCO3)CC2)cc1. The standard InChI is InChI=1S/C18H28N2OS/c1-22-18-7-5-16(6-8-18)14-19-9-3-10-20(12-11-19)15-17-4-2-13-21-17/h5-8,17H,2-4,9-15H2,1H3/t17-/m0/s1. The fourth-order valence-electron chi connectivity index (χ4n) is 3.43. The van der Waals surface area contributed by atoms with Gasteiger partial charge in [-0.2, -0.15) is 0 Å². The highest BCUT2D eigenvalue weighted by Crippen LogP contribution is 2.17. The van der Waals surface area contributed by atoms with Gasteiger partial charge in [0.05, 0.1) is 6.10 Å². The van der Waals surface area contributed by atoms with E-state index in [0.717, 1.165) is 19.7 Å². The predicted octanol–water partition coefficient (Wildman–Crippen LogP) is 3.10. The van der Waals surface area contributed by atoms with Crippen molar-refractivity contribution in [3.05, 3.63) is 29.8 Å². The molecule has 0 bridgehead atoms. The minimum absolute atomic E-state index is 0.491. The van der Waals surface area contributed by atoms with Gasteiger partial charge >= 0.3 is 0 Å². The molecular formula is C18H28N2OS. The minimum Gasteiger partial charge on any atom is -0.377 e. The second-order valence-corrected chi connectivity index (χ2v) is 7.29. The molecule has 22 heavy (non-hydrogen) atoms. The molecule has 0 unspecified atom stereocenters. The van der Waals surface area contributed by atoms with Crippen LogP contribution < -0.4 is 0 Å². The molecule has 2 heterocycles. The summed E-state index contributed by atoms with van der Waals surface area (Å²) in [5, 5.41) is 0. The van der Waals surface area contributed by atoms with Crippen LogP contribution in [0.1, 0.15) is 24.8 Å². The van der Waals surface area contributed by atoms with Crippen molar-refractivity contribution >= 4 is 11.8 Å². The first-order valence-corrected chi connectivity index (χ1v) is 9.75. The molecule has 0 N–H and O–H groups in total.